The van der Waals surface area contributed by atoms with Gasteiger partial charge in [0.2, 0.25) is 0 Å². The Kier molecular flexibility index (Phi) is 4.43. The van der Waals surface area contributed by atoms with E-state index in [9.17, 15) is 4.79 Å². The molecule has 2 aromatic rings. The van der Waals surface area contributed by atoms with E-state index < -0.39 is 0 Å². The van der Waals surface area contributed by atoms with Crippen LogP contribution >= 0.6 is 11.6 Å². The Bertz CT molecular complexity index is 659. The summed E-state index contributed by atoms with van der Waals surface area (Å²) in [6.45, 7) is 3.68. The number of nitrogens with one attached hydrogen (secondary N) is 1. The first-order valence-electron chi connectivity index (χ1n) is 6.26. The molecule has 6 heteroatoms. The monoisotopic (exact) mass is 309 g/mol. The second kappa shape index (κ2) is 6.10. The Morgan fingerprint density at radius 1 is 1.14 bits per heavy atom. The van der Waals surface area contributed by atoms with Gasteiger partial charge < -0.3 is 19.2 Å². The number of carbonyl (C=O) groups excluding carboxylic acids is 1. The summed E-state index contributed by atoms with van der Waals surface area (Å²) in [7, 11) is 2.99. The zero-order valence-electron chi connectivity index (χ0n) is 12.2. The first-order chi connectivity index (χ1) is 9.96. The second-order valence-corrected chi connectivity index (χ2v) is 4.90. The smallest absolute Gasteiger partial charge is 0.291 e. The highest BCUT2D eigenvalue weighted by Gasteiger charge is 2.16. The van der Waals surface area contributed by atoms with Crippen LogP contribution in [0.4, 0.5) is 5.69 Å². The Morgan fingerprint density at radius 3 is 2.33 bits per heavy atom. The molecule has 21 heavy (non-hydrogen) atoms. The minimum absolute atomic E-state index is 0.237. The molecule has 0 saturated carbocycles. The van der Waals surface area contributed by atoms with Crippen LogP contribution in [0, 0.1) is 13.8 Å². The van der Waals surface area contributed by atoms with E-state index in [0.29, 0.717) is 28.0 Å². The first-order valence-corrected chi connectivity index (χ1v) is 6.64. The molecular weight excluding hydrogens is 294 g/mol. The minimum Gasteiger partial charge on any atom is -0.495 e. The number of halogens is 1. The van der Waals surface area contributed by atoms with Gasteiger partial charge in [-0.15, -0.1) is 0 Å². The molecule has 112 valence electrons. The summed E-state index contributed by atoms with van der Waals surface area (Å²) < 4.78 is 15.7. The SMILES string of the molecule is COc1cc(NC(=O)c2cc(C)c(C)o2)c(OC)cc1Cl. The average Bonchev–Trinajstić information content (AvgIpc) is 2.80. The normalized spacial score (nSPS) is 10.3. The van der Waals surface area contributed by atoms with Gasteiger partial charge in [0.15, 0.2) is 5.76 Å². The summed E-state index contributed by atoms with van der Waals surface area (Å²) in [6.07, 6.45) is 0. The van der Waals surface area contributed by atoms with Crippen molar-refractivity contribution in [3.8, 4) is 11.5 Å². The minimum atomic E-state index is -0.367. The van der Waals surface area contributed by atoms with E-state index in [-0.39, 0.29) is 11.7 Å². The number of aryl methyl sites for hydroxylation is 2. The Balaban J connectivity index is 2.31. The van der Waals surface area contributed by atoms with Crippen LogP contribution in [-0.4, -0.2) is 20.1 Å². The van der Waals surface area contributed by atoms with Crippen LogP contribution in [0.3, 0.4) is 0 Å². The molecular formula is C15H16ClNO4. The van der Waals surface area contributed by atoms with Crippen LogP contribution < -0.4 is 14.8 Å². The second-order valence-electron chi connectivity index (χ2n) is 4.49. The lowest BCUT2D eigenvalue weighted by atomic mass is 10.2. The summed E-state index contributed by atoms with van der Waals surface area (Å²) in [4.78, 5) is 12.2. The zero-order valence-corrected chi connectivity index (χ0v) is 13.0. The highest BCUT2D eigenvalue weighted by Crippen LogP contribution is 2.36. The number of amides is 1. The van der Waals surface area contributed by atoms with E-state index >= 15 is 0 Å². The molecule has 0 unspecified atom stereocenters. The molecule has 1 aromatic heterocycles. The van der Waals surface area contributed by atoms with Gasteiger partial charge in [-0.1, -0.05) is 11.6 Å². The molecule has 5 nitrogen and oxygen atoms in total. The van der Waals surface area contributed by atoms with Crippen molar-refractivity contribution < 1.29 is 18.7 Å². The Hall–Kier alpha value is -2.14. The lowest BCUT2D eigenvalue weighted by Gasteiger charge is -2.12. The van der Waals surface area contributed by atoms with Crippen LogP contribution in [0.15, 0.2) is 22.6 Å². The molecule has 0 bridgehead atoms. The van der Waals surface area contributed by atoms with Crippen LogP contribution in [0.2, 0.25) is 5.02 Å². The maximum absolute atomic E-state index is 12.2. The number of furan rings is 1. The predicted molar refractivity (Wildman–Crippen MR) is 80.7 cm³/mol. The molecule has 0 fully saturated rings. The number of rotatable bonds is 4. The van der Waals surface area contributed by atoms with Gasteiger partial charge in [-0.05, 0) is 25.5 Å². The summed E-state index contributed by atoms with van der Waals surface area (Å²) in [5.41, 5.74) is 1.37. The molecule has 0 saturated heterocycles. The number of carbonyl (C=O) groups is 1. The highest BCUT2D eigenvalue weighted by atomic mass is 35.5. The molecule has 1 heterocycles. The van der Waals surface area contributed by atoms with E-state index in [1.165, 1.54) is 14.2 Å². The molecule has 1 N–H and O–H groups in total. The third-order valence-electron chi connectivity index (χ3n) is 3.11. The maximum Gasteiger partial charge on any atom is 0.291 e. The van der Waals surface area contributed by atoms with Gasteiger partial charge in [0.05, 0.1) is 24.9 Å². The van der Waals surface area contributed by atoms with E-state index in [1.54, 1.807) is 25.1 Å². The number of anilines is 1. The van der Waals surface area contributed by atoms with Crippen molar-refractivity contribution in [2.45, 2.75) is 13.8 Å². The molecule has 0 aliphatic rings. The van der Waals surface area contributed by atoms with Crippen LogP contribution in [0.25, 0.3) is 0 Å². The maximum atomic E-state index is 12.2. The third-order valence-corrected chi connectivity index (χ3v) is 3.41. The van der Waals surface area contributed by atoms with Gasteiger partial charge in [0.1, 0.15) is 17.3 Å². The molecule has 1 aromatic carbocycles. The van der Waals surface area contributed by atoms with E-state index in [2.05, 4.69) is 5.32 Å². The van der Waals surface area contributed by atoms with Gasteiger partial charge in [-0.25, -0.2) is 0 Å². The van der Waals surface area contributed by atoms with Crippen molar-refractivity contribution in [2.24, 2.45) is 0 Å². The van der Waals surface area contributed by atoms with Gasteiger partial charge in [0, 0.05) is 12.1 Å². The molecule has 0 spiro atoms. The fourth-order valence-corrected chi connectivity index (χ4v) is 2.06. The topological polar surface area (TPSA) is 60.7 Å². The van der Waals surface area contributed by atoms with E-state index in [4.69, 9.17) is 25.5 Å². The number of benzene rings is 1. The van der Waals surface area contributed by atoms with Crippen LogP contribution in [0.1, 0.15) is 21.9 Å². The fourth-order valence-electron chi connectivity index (χ4n) is 1.83. The van der Waals surface area contributed by atoms with Crippen molar-refractivity contribution in [1.82, 2.24) is 0 Å². The quantitative estimate of drug-likeness (QED) is 0.932. The predicted octanol–water partition coefficient (Wildman–Crippen LogP) is 3.82. The van der Waals surface area contributed by atoms with Crippen molar-refractivity contribution in [3.63, 3.8) is 0 Å². The molecule has 0 aliphatic heterocycles. The third kappa shape index (κ3) is 3.13. The highest BCUT2D eigenvalue weighted by molar-refractivity contribution is 6.32. The summed E-state index contributed by atoms with van der Waals surface area (Å²) in [5.74, 6) is 1.46. The fraction of sp³-hybridized carbons (Fsp3) is 0.267. The molecule has 0 aliphatic carbocycles. The molecule has 1 amide bonds. The average molecular weight is 310 g/mol. The number of hydrogen-bond donors (Lipinski definition) is 1. The van der Waals surface area contributed by atoms with Gasteiger partial charge in [-0.3, -0.25) is 4.79 Å². The van der Waals surface area contributed by atoms with Crippen LogP contribution in [-0.2, 0) is 0 Å². The standard InChI is InChI=1S/C15H16ClNO4/c1-8-5-14(21-9(8)2)15(18)17-11-7-12(19-3)10(16)6-13(11)20-4/h5-7H,1-4H3,(H,17,18). The molecule has 2 rings (SSSR count). The molecule has 0 atom stereocenters. The Labute approximate surface area is 127 Å². The lowest BCUT2D eigenvalue weighted by Crippen LogP contribution is -2.12. The summed E-state index contributed by atoms with van der Waals surface area (Å²) >= 11 is 6.02. The van der Waals surface area contributed by atoms with Crippen molar-refractivity contribution in [1.29, 1.82) is 0 Å². The number of ether oxygens (including phenoxy) is 2. The zero-order chi connectivity index (χ0) is 15.6. The number of hydrogen-bond acceptors (Lipinski definition) is 4. The largest absolute Gasteiger partial charge is 0.495 e. The summed E-state index contributed by atoms with van der Waals surface area (Å²) in [6, 6.07) is 4.86. The van der Waals surface area contributed by atoms with Crippen LogP contribution in [0.5, 0.6) is 11.5 Å². The first kappa shape index (κ1) is 15.3. The van der Waals surface area contributed by atoms with E-state index in [1.807, 2.05) is 6.92 Å². The number of methoxy groups -OCH3 is 2. The lowest BCUT2D eigenvalue weighted by molar-refractivity contribution is 0.0995. The molecule has 0 radical (unpaired) electrons. The van der Waals surface area contributed by atoms with E-state index in [0.717, 1.165) is 5.56 Å². The van der Waals surface area contributed by atoms with Gasteiger partial charge >= 0.3 is 0 Å². The van der Waals surface area contributed by atoms with Crippen molar-refractivity contribution >= 4 is 23.2 Å². The van der Waals surface area contributed by atoms with Crippen molar-refractivity contribution in [3.05, 3.63) is 40.3 Å². The Morgan fingerprint density at radius 2 is 1.81 bits per heavy atom. The van der Waals surface area contributed by atoms with Gasteiger partial charge in [0.25, 0.3) is 5.91 Å². The van der Waals surface area contributed by atoms with Crippen molar-refractivity contribution in [2.75, 3.05) is 19.5 Å². The summed E-state index contributed by atoms with van der Waals surface area (Å²) in [5, 5.41) is 3.12. The van der Waals surface area contributed by atoms with Gasteiger partial charge in [-0.2, -0.15) is 0 Å².